The van der Waals surface area contributed by atoms with Gasteiger partial charge in [-0.05, 0) is 24.0 Å². The summed E-state index contributed by atoms with van der Waals surface area (Å²) in [7, 11) is 1.55. The first-order chi connectivity index (χ1) is 8.97. The Bertz CT molecular complexity index is 623. The van der Waals surface area contributed by atoms with Crippen LogP contribution in [0, 0.1) is 6.92 Å². The molecular formula is C15H18O4. The lowest BCUT2D eigenvalue weighted by Crippen LogP contribution is -2.01. The fourth-order valence-electron chi connectivity index (χ4n) is 2.36. The first-order valence-electron chi connectivity index (χ1n) is 6.24. The van der Waals surface area contributed by atoms with Gasteiger partial charge in [0, 0.05) is 18.1 Å². The second kappa shape index (κ2) is 5.05. The number of carboxylic acid groups (broad SMARTS) is 1. The minimum absolute atomic E-state index is 0.0203. The van der Waals surface area contributed by atoms with Crippen LogP contribution < -0.4 is 0 Å². The third-order valence-corrected chi connectivity index (χ3v) is 3.27. The van der Waals surface area contributed by atoms with Crippen LogP contribution in [0.3, 0.4) is 0 Å². The number of furan rings is 1. The van der Waals surface area contributed by atoms with Gasteiger partial charge in [0.05, 0.1) is 6.61 Å². The van der Waals surface area contributed by atoms with E-state index in [-0.39, 0.29) is 18.3 Å². The Hall–Kier alpha value is -1.81. The molecule has 0 aliphatic carbocycles. The lowest BCUT2D eigenvalue weighted by atomic mass is 9.95. The zero-order valence-corrected chi connectivity index (χ0v) is 11.6. The molecule has 2 rings (SSSR count). The van der Waals surface area contributed by atoms with Crippen LogP contribution in [0.15, 0.2) is 16.5 Å². The van der Waals surface area contributed by atoms with Crippen LogP contribution >= 0.6 is 0 Å². The summed E-state index contributed by atoms with van der Waals surface area (Å²) in [6, 6.07) is 3.99. The van der Waals surface area contributed by atoms with Crippen molar-refractivity contribution in [3.05, 3.63) is 34.6 Å². The molecule has 1 aromatic carbocycles. The molecule has 1 heterocycles. The van der Waals surface area contributed by atoms with Crippen molar-refractivity contribution in [2.75, 3.05) is 7.11 Å². The molecule has 4 heteroatoms. The Labute approximate surface area is 112 Å². The molecule has 0 unspecified atom stereocenters. The summed E-state index contributed by atoms with van der Waals surface area (Å²) < 4.78 is 10.7. The normalized spacial score (nSPS) is 11.4. The predicted molar refractivity (Wildman–Crippen MR) is 72.7 cm³/mol. The molecule has 19 heavy (non-hydrogen) atoms. The topological polar surface area (TPSA) is 59.7 Å². The molecule has 0 aliphatic rings. The van der Waals surface area contributed by atoms with Crippen molar-refractivity contribution in [2.45, 2.75) is 33.3 Å². The van der Waals surface area contributed by atoms with E-state index in [9.17, 15) is 9.90 Å². The third kappa shape index (κ3) is 2.24. The first-order valence-corrected chi connectivity index (χ1v) is 6.24. The van der Waals surface area contributed by atoms with Crippen molar-refractivity contribution >= 4 is 16.9 Å². The third-order valence-electron chi connectivity index (χ3n) is 3.27. The number of rotatable bonds is 4. The Morgan fingerprint density at radius 1 is 1.42 bits per heavy atom. The van der Waals surface area contributed by atoms with E-state index >= 15 is 0 Å². The number of hydrogen-bond acceptors (Lipinski definition) is 3. The number of carboxylic acids is 1. The highest BCUT2D eigenvalue weighted by Crippen LogP contribution is 2.35. The van der Waals surface area contributed by atoms with E-state index in [1.807, 2.05) is 19.1 Å². The smallest absolute Gasteiger partial charge is 0.372 e. The van der Waals surface area contributed by atoms with Gasteiger partial charge in [0.25, 0.3) is 0 Å². The van der Waals surface area contributed by atoms with Gasteiger partial charge in [-0.1, -0.05) is 26.0 Å². The maximum absolute atomic E-state index is 11.3. The van der Waals surface area contributed by atoms with E-state index in [1.165, 1.54) is 0 Å². The number of ether oxygens (including phenoxy) is 1. The quantitative estimate of drug-likeness (QED) is 0.912. The van der Waals surface area contributed by atoms with Crippen LogP contribution in [0.1, 0.15) is 47.0 Å². The van der Waals surface area contributed by atoms with Gasteiger partial charge in [-0.3, -0.25) is 0 Å². The molecule has 0 aliphatic heterocycles. The molecule has 1 aromatic heterocycles. The molecule has 1 N–H and O–H groups in total. The Morgan fingerprint density at radius 2 is 2.11 bits per heavy atom. The zero-order chi connectivity index (χ0) is 14.2. The fraction of sp³-hybridized carbons (Fsp3) is 0.400. The molecule has 0 spiro atoms. The maximum Gasteiger partial charge on any atom is 0.372 e. The Morgan fingerprint density at radius 3 is 2.63 bits per heavy atom. The van der Waals surface area contributed by atoms with Gasteiger partial charge in [0.1, 0.15) is 5.58 Å². The van der Waals surface area contributed by atoms with Crippen molar-refractivity contribution in [1.29, 1.82) is 0 Å². The van der Waals surface area contributed by atoms with E-state index in [4.69, 9.17) is 9.15 Å². The summed E-state index contributed by atoms with van der Waals surface area (Å²) in [4.78, 5) is 11.3. The minimum atomic E-state index is -1.06. The number of fused-ring (bicyclic) bond motifs is 1. The molecule has 0 fully saturated rings. The molecule has 0 amide bonds. The lowest BCUT2D eigenvalue weighted by Gasteiger charge is -2.09. The van der Waals surface area contributed by atoms with E-state index < -0.39 is 5.97 Å². The van der Waals surface area contributed by atoms with Crippen molar-refractivity contribution < 1.29 is 19.1 Å². The molecule has 2 aromatic rings. The van der Waals surface area contributed by atoms with Gasteiger partial charge in [0.2, 0.25) is 5.76 Å². The molecule has 0 radical (unpaired) electrons. The summed E-state index contributed by atoms with van der Waals surface area (Å²) in [5.74, 6) is -0.789. The van der Waals surface area contributed by atoms with Gasteiger partial charge in [-0.15, -0.1) is 0 Å². The predicted octanol–water partition coefficient (Wildman–Crippen LogP) is 3.71. The number of aryl methyl sites for hydroxylation is 1. The minimum Gasteiger partial charge on any atom is -0.475 e. The van der Waals surface area contributed by atoms with E-state index in [0.29, 0.717) is 11.1 Å². The molecule has 4 nitrogen and oxygen atoms in total. The largest absolute Gasteiger partial charge is 0.475 e. The number of benzene rings is 1. The first kappa shape index (κ1) is 13.6. The standard InChI is InChI=1S/C15H18O4/c1-8(2)10-6-5-9(3)13-12(10)11(7-18-4)14(19-13)15(16)17/h5-6,8H,7H2,1-4H3,(H,16,17). The van der Waals surface area contributed by atoms with Crippen molar-refractivity contribution in [2.24, 2.45) is 0 Å². The Kier molecular flexibility index (Phi) is 3.62. The lowest BCUT2D eigenvalue weighted by molar-refractivity contribution is 0.0658. The van der Waals surface area contributed by atoms with Gasteiger partial charge in [-0.2, -0.15) is 0 Å². The number of aromatic carboxylic acids is 1. The summed E-state index contributed by atoms with van der Waals surface area (Å²) >= 11 is 0. The SMILES string of the molecule is COCc1c(C(=O)O)oc2c(C)ccc(C(C)C)c12. The summed E-state index contributed by atoms with van der Waals surface area (Å²) in [5.41, 5.74) is 3.29. The highest BCUT2D eigenvalue weighted by molar-refractivity contribution is 5.97. The zero-order valence-electron chi connectivity index (χ0n) is 11.6. The van der Waals surface area contributed by atoms with Crippen LogP contribution in [0.5, 0.6) is 0 Å². The van der Waals surface area contributed by atoms with Gasteiger partial charge in [0.15, 0.2) is 0 Å². The number of methoxy groups -OCH3 is 1. The summed E-state index contributed by atoms with van der Waals surface area (Å²) in [6.07, 6.45) is 0. The van der Waals surface area contributed by atoms with Gasteiger partial charge < -0.3 is 14.3 Å². The van der Waals surface area contributed by atoms with E-state index in [0.717, 1.165) is 16.5 Å². The Balaban J connectivity index is 2.87. The molecule has 102 valence electrons. The monoisotopic (exact) mass is 262 g/mol. The van der Waals surface area contributed by atoms with E-state index in [2.05, 4.69) is 13.8 Å². The van der Waals surface area contributed by atoms with Crippen molar-refractivity contribution in [3.63, 3.8) is 0 Å². The maximum atomic E-state index is 11.3. The second-order valence-electron chi connectivity index (χ2n) is 4.98. The van der Waals surface area contributed by atoms with Crippen LogP contribution in [-0.2, 0) is 11.3 Å². The van der Waals surface area contributed by atoms with Crippen LogP contribution in [0.2, 0.25) is 0 Å². The molecule has 0 saturated carbocycles. The average Bonchev–Trinajstić information content (AvgIpc) is 2.71. The van der Waals surface area contributed by atoms with E-state index in [1.54, 1.807) is 7.11 Å². The number of hydrogen-bond donors (Lipinski definition) is 1. The summed E-state index contributed by atoms with van der Waals surface area (Å²) in [6.45, 7) is 6.30. The van der Waals surface area contributed by atoms with Gasteiger partial charge >= 0.3 is 5.97 Å². The molecular weight excluding hydrogens is 244 g/mol. The van der Waals surface area contributed by atoms with Crippen LogP contribution in [0.4, 0.5) is 0 Å². The molecule has 0 saturated heterocycles. The van der Waals surface area contributed by atoms with Crippen molar-refractivity contribution in [1.82, 2.24) is 0 Å². The van der Waals surface area contributed by atoms with Crippen LogP contribution in [-0.4, -0.2) is 18.2 Å². The number of carbonyl (C=O) groups is 1. The van der Waals surface area contributed by atoms with Crippen molar-refractivity contribution in [3.8, 4) is 0 Å². The van der Waals surface area contributed by atoms with Gasteiger partial charge in [-0.25, -0.2) is 4.79 Å². The fourth-order valence-corrected chi connectivity index (χ4v) is 2.36. The average molecular weight is 262 g/mol. The van der Waals surface area contributed by atoms with Crippen LogP contribution in [0.25, 0.3) is 11.0 Å². The highest BCUT2D eigenvalue weighted by Gasteiger charge is 2.23. The highest BCUT2D eigenvalue weighted by atomic mass is 16.5. The summed E-state index contributed by atoms with van der Waals surface area (Å²) in [5, 5.41) is 10.1. The molecule has 0 bridgehead atoms. The molecule has 0 atom stereocenters. The second-order valence-corrected chi connectivity index (χ2v) is 4.98.